The van der Waals surface area contributed by atoms with Gasteiger partial charge in [0.1, 0.15) is 0 Å². The average Bonchev–Trinajstić information content (AvgIpc) is 3.02. The van der Waals surface area contributed by atoms with Gasteiger partial charge in [-0.2, -0.15) is 0 Å². The van der Waals surface area contributed by atoms with E-state index >= 15 is 0 Å². The molecule has 2 N–H and O–H groups in total. The number of aromatic nitrogens is 2. The maximum Gasteiger partial charge on any atom is 0.322 e. The first-order valence-corrected chi connectivity index (χ1v) is 10.4. The number of amides is 2. The Morgan fingerprint density at radius 1 is 1.13 bits per heavy atom. The number of fused-ring (bicyclic) bond motifs is 1. The first-order valence-electron chi connectivity index (χ1n) is 10.4. The number of carbonyl (C=O) groups excluding carboxylic acids is 1. The second-order valence-corrected chi connectivity index (χ2v) is 7.87. The number of hydrogen-bond acceptors (Lipinski definition) is 4. The molecular formula is C23H29N5O2. The van der Waals surface area contributed by atoms with E-state index in [-0.39, 0.29) is 6.03 Å². The highest BCUT2D eigenvalue weighted by atomic mass is 16.5. The lowest BCUT2D eigenvalue weighted by Crippen LogP contribution is -2.43. The molecule has 3 heterocycles. The van der Waals surface area contributed by atoms with Gasteiger partial charge in [0, 0.05) is 31.5 Å². The molecular weight excluding hydrogens is 378 g/mol. The zero-order valence-corrected chi connectivity index (χ0v) is 18.1. The number of pyridine rings is 1. The number of nitrogens with zero attached hydrogens (tertiary/aromatic N) is 3. The van der Waals surface area contributed by atoms with E-state index in [9.17, 15) is 4.79 Å². The summed E-state index contributed by atoms with van der Waals surface area (Å²) in [5.74, 6) is 0. The second kappa shape index (κ2) is 8.36. The van der Waals surface area contributed by atoms with Gasteiger partial charge in [-0.3, -0.25) is 0 Å². The molecule has 7 heteroatoms. The van der Waals surface area contributed by atoms with Crippen LogP contribution in [0.2, 0.25) is 0 Å². The second-order valence-electron chi connectivity index (χ2n) is 7.87. The van der Waals surface area contributed by atoms with Crippen molar-refractivity contribution in [3.8, 4) is 0 Å². The third-order valence-corrected chi connectivity index (χ3v) is 5.85. The van der Waals surface area contributed by atoms with Gasteiger partial charge in [0.2, 0.25) is 0 Å². The highest BCUT2D eigenvalue weighted by molar-refractivity contribution is 5.90. The number of ether oxygens (including phenoxy) is 1. The number of anilines is 2. The van der Waals surface area contributed by atoms with Crippen LogP contribution in [-0.2, 0) is 11.3 Å². The number of hydrogen-bond donors (Lipinski definition) is 2. The van der Waals surface area contributed by atoms with E-state index in [0.29, 0.717) is 32.8 Å². The summed E-state index contributed by atoms with van der Waals surface area (Å²) in [5.41, 5.74) is 8.32. The highest BCUT2D eigenvalue weighted by Crippen LogP contribution is 2.26. The van der Waals surface area contributed by atoms with Gasteiger partial charge >= 0.3 is 6.03 Å². The van der Waals surface area contributed by atoms with Crippen LogP contribution in [0.15, 0.2) is 30.5 Å². The molecule has 7 nitrogen and oxygen atoms in total. The van der Waals surface area contributed by atoms with Gasteiger partial charge < -0.3 is 24.7 Å². The monoisotopic (exact) mass is 407 g/mol. The maximum atomic E-state index is 12.7. The van der Waals surface area contributed by atoms with Crippen LogP contribution in [-0.4, -0.2) is 46.6 Å². The Bertz CT molecular complexity index is 1060. The zero-order chi connectivity index (χ0) is 21.3. The van der Waals surface area contributed by atoms with Gasteiger partial charge in [-0.1, -0.05) is 18.2 Å². The summed E-state index contributed by atoms with van der Waals surface area (Å²) in [5, 5.41) is 6.60. The van der Waals surface area contributed by atoms with Crippen molar-refractivity contribution in [1.29, 1.82) is 0 Å². The standard InChI is InChI=1S/C23H29N5O2/c1-15-6-5-7-16(2)20(15)13-24-21-12-19(14-28-18(4)17(3)25-22(21)28)26-23(29)27-8-10-30-11-9-27/h5-7,12,14,24H,8-11,13H2,1-4H3,(H,26,29). The van der Waals surface area contributed by atoms with Crippen LogP contribution in [0.25, 0.3) is 5.65 Å². The van der Waals surface area contributed by atoms with Crippen LogP contribution < -0.4 is 10.6 Å². The fourth-order valence-electron chi connectivity index (χ4n) is 3.85. The Labute approximate surface area is 177 Å². The highest BCUT2D eigenvalue weighted by Gasteiger charge is 2.18. The van der Waals surface area contributed by atoms with E-state index in [1.165, 1.54) is 16.7 Å². The predicted octanol–water partition coefficient (Wildman–Crippen LogP) is 4.04. The van der Waals surface area contributed by atoms with Gasteiger partial charge in [-0.15, -0.1) is 0 Å². The smallest absolute Gasteiger partial charge is 0.322 e. The van der Waals surface area contributed by atoms with Crippen molar-refractivity contribution in [3.05, 3.63) is 58.5 Å². The Kier molecular flexibility index (Phi) is 5.63. The van der Waals surface area contributed by atoms with Crippen molar-refractivity contribution in [3.63, 3.8) is 0 Å². The van der Waals surface area contributed by atoms with Crippen molar-refractivity contribution in [2.75, 3.05) is 36.9 Å². The van der Waals surface area contributed by atoms with E-state index in [1.54, 1.807) is 4.90 Å². The molecule has 0 atom stereocenters. The van der Waals surface area contributed by atoms with Crippen molar-refractivity contribution in [2.45, 2.75) is 34.2 Å². The SMILES string of the molecule is Cc1cccc(C)c1CNc1cc(NC(=O)N2CCOCC2)cn2c(C)c(C)nc12. The third-order valence-electron chi connectivity index (χ3n) is 5.85. The summed E-state index contributed by atoms with van der Waals surface area (Å²) >= 11 is 0. The van der Waals surface area contributed by atoms with Crippen LogP contribution in [0.1, 0.15) is 28.1 Å². The topological polar surface area (TPSA) is 70.9 Å². The number of rotatable bonds is 4. The summed E-state index contributed by atoms with van der Waals surface area (Å²) in [7, 11) is 0. The van der Waals surface area contributed by atoms with E-state index in [2.05, 4.69) is 42.7 Å². The number of imidazole rings is 1. The Balaban J connectivity index is 1.64. The minimum Gasteiger partial charge on any atom is -0.378 e. The third kappa shape index (κ3) is 3.98. The molecule has 0 spiro atoms. The molecule has 2 aromatic heterocycles. The van der Waals surface area contributed by atoms with Gasteiger partial charge in [0.05, 0.1) is 30.3 Å². The lowest BCUT2D eigenvalue weighted by atomic mass is 10.0. The minimum absolute atomic E-state index is 0.104. The van der Waals surface area contributed by atoms with Gasteiger partial charge in [0.25, 0.3) is 0 Å². The number of nitrogens with one attached hydrogen (secondary N) is 2. The van der Waals surface area contributed by atoms with E-state index < -0.39 is 0 Å². The van der Waals surface area contributed by atoms with Crippen LogP contribution in [0, 0.1) is 27.7 Å². The summed E-state index contributed by atoms with van der Waals surface area (Å²) in [6.45, 7) is 11.4. The summed E-state index contributed by atoms with van der Waals surface area (Å²) in [4.78, 5) is 19.2. The normalized spacial score (nSPS) is 14.2. The summed E-state index contributed by atoms with van der Waals surface area (Å²) < 4.78 is 7.38. The quantitative estimate of drug-likeness (QED) is 0.685. The molecule has 1 saturated heterocycles. The lowest BCUT2D eigenvalue weighted by Gasteiger charge is -2.27. The van der Waals surface area contributed by atoms with E-state index in [1.807, 2.05) is 30.5 Å². The fraction of sp³-hybridized carbons (Fsp3) is 0.391. The van der Waals surface area contributed by atoms with Crippen molar-refractivity contribution in [1.82, 2.24) is 14.3 Å². The summed E-state index contributed by atoms with van der Waals surface area (Å²) in [6, 6.07) is 8.20. The fourth-order valence-corrected chi connectivity index (χ4v) is 3.85. The Morgan fingerprint density at radius 3 is 2.53 bits per heavy atom. The number of benzene rings is 1. The van der Waals surface area contributed by atoms with Crippen LogP contribution in [0.4, 0.5) is 16.2 Å². The number of morpholine rings is 1. The first-order chi connectivity index (χ1) is 14.4. The molecule has 0 bridgehead atoms. The molecule has 1 aliphatic rings. The van der Waals surface area contributed by atoms with E-state index in [4.69, 9.17) is 9.72 Å². The molecule has 1 aliphatic heterocycles. The first kappa shape index (κ1) is 20.2. The Morgan fingerprint density at radius 2 is 1.83 bits per heavy atom. The van der Waals surface area contributed by atoms with Crippen molar-refractivity contribution >= 4 is 23.1 Å². The largest absolute Gasteiger partial charge is 0.378 e. The Hall–Kier alpha value is -3.06. The minimum atomic E-state index is -0.104. The van der Waals surface area contributed by atoms with E-state index in [0.717, 1.165) is 28.4 Å². The summed E-state index contributed by atoms with van der Waals surface area (Å²) in [6.07, 6.45) is 1.94. The van der Waals surface area contributed by atoms with Crippen LogP contribution in [0.5, 0.6) is 0 Å². The number of aryl methyl sites for hydroxylation is 4. The molecule has 0 radical (unpaired) electrons. The number of urea groups is 1. The molecule has 0 saturated carbocycles. The van der Waals surface area contributed by atoms with Gasteiger partial charge in [-0.05, 0) is 50.5 Å². The predicted molar refractivity (Wildman–Crippen MR) is 119 cm³/mol. The molecule has 0 aliphatic carbocycles. The molecule has 0 unspecified atom stereocenters. The van der Waals surface area contributed by atoms with Crippen molar-refractivity contribution in [2.24, 2.45) is 0 Å². The van der Waals surface area contributed by atoms with Crippen LogP contribution >= 0.6 is 0 Å². The molecule has 1 aromatic carbocycles. The molecule has 3 aromatic rings. The molecule has 4 rings (SSSR count). The van der Waals surface area contributed by atoms with Gasteiger partial charge in [-0.25, -0.2) is 9.78 Å². The lowest BCUT2D eigenvalue weighted by molar-refractivity contribution is 0.0564. The van der Waals surface area contributed by atoms with Crippen LogP contribution in [0.3, 0.4) is 0 Å². The molecule has 30 heavy (non-hydrogen) atoms. The molecule has 2 amide bonds. The molecule has 1 fully saturated rings. The maximum absolute atomic E-state index is 12.7. The van der Waals surface area contributed by atoms with Crippen molar-refractivity contribution < 1.29 is 9.53 Å². The zero-order valence-electron chi connectivity index (χ0n) is 18.1. The van der Waals surface area contributed by atoms with Gasteiger partial charge in [0.15, 0.2) is 5.65 Å². The molecule has 158 valence electrons. The average molecular weight is 408 g/mol. The number of carbonyl (C=O) groups is 1.